The monoisotopic (exact) mass is 460 g/mol. The fourth-order valence-electron chi connectivity index (χ4n) is 3.37. The Balaban J connectivity index is 1.90. The molecule has 0 aliphatic carbocycles. The maximum absolute atomic E-state index is 12.7. The Morgan fingerprint density at radius 2 is 1.41 bits per heavy atom. The van der Waals surface area contributed by atoms with Crippen molar-refractivity contribution in [3.63, 3.8) is 0 Å². The van der Waals surface area contributed by atoms with Gasteiger partial charge in [0.15, 0.2) is 11.5 Å². The van der Waals surface area contributed by atoms with Gasteiger partial charge in [-0.15, -0.1) is 0 Å². The second kappa shape index (κ2) is 11.5. The summed E-state index contributed by atoms with van der Waals surface area (Å²) >= 11 is 0. The minimum Gasteiger partial charge on any atom is -0.495 e. The maximum atomic E-state index is 12.7. The number of amides is 1. The zero-order valence-electron chi connectivity index (χ0n) is 19.6. The van der Waals surface area contributed by atoms with E-state index in [1.54, 1.807) is 46.6 Å². The number of benzene rings is 3. The lowest BCUT2D eigenvalue weighted by molar-refractivity contribution is -0.111. The molecule has 0 aliphatic heterocycles. The van der Waals surface area contributed by atoms with Gasteiger partial charge in [0.2, 0.25) is 11.7 Å². The van der Waals surface area contributed by atoms with Crippen molar-refractivity contribution in [1.29, 1.82) is 0 Å². The standard InChI is InChI=1S/C27H28N2O5/c1-31-22-11-7-9-20(13-12-18-16-23(32-2)27(34-4)24(17-18)33-3)26(22)29-25(30)15-14-19-8-5-6-10-21(19)28/h5-17H,28H2,1-4H3,(H,29,30)/b13-12+,15-14+. The molecule has 0 spiro atoms. The fraction of sp³-hybridized carbons (Fsp3) is 0.148. The predicted molar refractivity (Wildman–Crippen MR) is 137 cm³/mol. The molecule has 0 radical (unpaired) electrons. The minimum absolute atomic E-state index is 0.310. The fourth-order valence-corrected chi connectivity index (χ4v) is 3.37. The second-order valence-corrected chi connectivity index (χ2v) is 7.17. The normalized spacial score (nSPS) is 10.9. The first-order chi connectivity index (χ1) is 16.5. The molecule has 3 aromatic carbocycles. The van der Waals surface area contributed by atoms with Gasteiger partial charge in [0, 0.05) is 17.3 Å². The van der Waals surface area contributed by atoms with Crippen molar-refractivity contribution >= 4 is 35.5 Å². The largest absolute Gasteiger partial charge is 0.495 e. The smallest absolute Gasteiger partial charge is 0.248 e. The number of anilines is 2. The number of rotatable bonds is 9. The molecule has 3 N–H and O–H groups in total. The van der Waals surface area contributed by atoms with Crippen LogP contribution in [0.15, 0.2) is 60.7 Å². The second-order valence-electron chi connectivity index (χ2n) is 7.17. The number of nitrogens with two attached hydrogens (primary N) is 1. The first-order valence-corrected chi connectivity index (χ1v) is 10.5. The molecule has 0 saturated heterocycles. The summed E-state index contributed by atoms with van der Waals surface area (Å²) < 4.78 is 21.7. The minimum atomic E-state index is -0.310. The lowest BCUT2D eigenvalue weighted by Crippen LogP contribution is -2.10. The average molecular weight is 461 g/mol. The third-order valence-electron chi connectivity index (χ3n) is 5.08. The molecule has 0 aromatic heterocycles. The van der Waals surface area contributed by atoms with Gasteiger partial charge in [0.25, 0.3) is 0 Å². The van der Waals surface area contributed by atoms with Gasteiger partial charge in [-0.3, -0.25) is 4.79 Å². The number of nitrogens with one attached hydrogen (secondary N) is 1. The summed E-state index contributed by atoms with van der Waals surface area (Å²) in [5.41, 5.74) is 9.44. The zero-order chi connectivity index (χ0) is 24.5. The molecule has 0 heterocycles. The van der Waals surface area contributed by atoms with Gasteiger partial charge in [0.1, 0.15) is 5.75 Å². The van der Waals surface area contributed by atoms with Gasteiger partial charge in [-0.25, -0.2) is 0 Å². The summed E-state index contributed by atoms with van der Waals surface area (Å²) in [4.78, 5) is 12.7. The highest BCUT2D eigenvalue weighted by atomic mass is 16.5. The van der Waals surface area contributed by atoms with E-state index in [2.05, 4.69) is 5.32 Å². The highest BCUT2D eigenvalue weighted by Crippen LogP contribution is 2.39. The lowest BCUT2D eigenvalue weighted by Gasteiger charge is -2.13. The number of carbonyl (C=O) groups excluding carboxylic acids is 1. The number of ether oxygens (including phenoxy) is 4. The van der Waals surface area contributed by atoms with E-state index in [1.807, 2.05) is 54.6 Å². The highest BCUT2D eigenvalue weighted by Gasteiger charge is 2.13. The lowest BCUT2D eigenvalue weighted by atomic mass is 10.1. The van der Waals surface area contributed by atoms with Crippen LogP contribution in [0, 0.1) is 0 Å². The first kappa shape index (κ1) is 24.3. The molecule has 0 fully saturated rings. The molecule has 0 aliphatic rings. The topological polar surface area (TPSA) is 92.0 Å². The first-order valence-electron chi connectivity index (χ1n) is 10.5. The molecule has 3 aromatic rings. The molecule has 7 heteroatoms. The summed E-state index contributed by atoms with van der Waals surface area (Å²) in [7, 11) is 6.24. The summed E-state index contributed by atoms with van der Waals surface area (Å²) in [6.45, 7) is 0. The van der Waals surface area contributed by atoms with E-state index in [0.29, 0.717) is 34.4 Å². The molecular formula is C27H28N2O5. The molecule has 0 bridgehead atoms. The molecule has 34 heavy (non-hydrogen) atoms. The number of methoxy groups -OCH3 is 4. The van der Waals surface area contributed by atoms with Crippen LogP contribution in [-0.2, 0) is 4.79 Å². The number of hydrogen-bond donors (Lipinski definition) is 2. The van der Waals surface area contributed by atoms with Crippen molar-refractivity contribution in [1.82, 2.24) is 0 Å². The van der Waals surface area contributed by atoms with Crippen LogP contribution in [0.1, 0.15) is 16.7 Å². The quantitative estimate of drug-likeness (QED) is 0.261. The Morgan fingerprint density at radius 3 is 2.03 bits per heavy atom. The SMILES string of the molecule is COc1cccc(/C=C/c2cc(OC)c(OC)c(OC)c2)c1NC(=O)/C=C/c1ccccc1N. The Morgan fingerprint density at radius 1 is 0.765 bits per heavy atom. The van der Waals surface area contributed by atoms with Crippen molar-refractivity contribution in [2.45, 2.75) is 0 Å². The highest BCUT2D eigenvalue weighted by molar-refractivity contribution is 6.04. The van der Waals surface area contributed by atoms with Crippen LogP contribution in [0.5, 0.6) is 23.0 Å². The number of hydrogen-bond acceptors (Lipinski definition) is 6. The third kappa shape index (κ3) is 5.69. The van der Waals surface area contributed by atoms with Crippen LogP contribution in [-0.4, -0.2) is 34.3 Å². The van der Waals surface area contributed by atoms with E-state index in [9.17, 15) is 4.79 Å². The van der Waals surface area contributed by atoms with E-state index in [1.165, 1.54) is 6.08 Å². The van der Waals surface area contributed by atoms with Crippen molar-refractivity contribution in [3.05, 3.63) is 77.4 Å². The molecule has 0 saturated carbocycles. The summed E-state index contributed by atoms with van der Waals surface area (Å²) in [6, 6.07) is 16.5. The van der Waals surface area contributed by atoms with Gasteiger partial charge >= 0.3 is 0 Å². The van der Waals surface area contributed by atoms with Gasteiger partial charge < -0.3 is 30.0 Å². The van der Waals surface area contributed by atoms with Crippen LogP contribution >= 0.6 is 0 Å². The average Bonchev–Trinajstić information content (AvgIpc) is 2.86. The molecule has 3 rings (SSSR count). The molecular weight excluding hydrogens is 432 g/mol. The van der Waals surface area contributed by atoms with Crippen LogP contribution in [0.4, 0.5) is 11.4 Å². The molecule has 7 nitrogen and oxygen atoms in total. The Bertz CT molecular complexity index is 1190. The molecule has 0 atom stereocenters. The van der Waals surface area contributed by atoms with Crippen LogP contribution in [0.25, 0.3) is 18.2 Å². The van der Waals surface area contributed by atoms with E-state index in [0.717, 1.165) is 16.7 Å². The van der Waals surface area contributed by atoms with Crippen molar-refractivity contribution in [3.8, 4) is 23.0 Å². The third-order valence-corrected chi connectivity index (χ3v) is 5.08. The molecule has 1 amide bonds. The van der Waals surface area contributed by atoms with Crippen molar-refractivity contribution in [2.75, 3.05) is 39.5 Å². The summed E-state index contributed by atoms with van der Waals surface area (Å²) in [6.07, 6.45) is 6.86. The molecule has 176 valence electrons. The summed E-state index contributed by atoms with van der Waals surface area (Å²) in [5.74, 6) is 1.84. The van der Waals surface area contributed by atoms with Crippen molar-refractivity contribution < 1.29 is 23.7 Å². The van der Waals surface area contributed by atoms with E-state index >= 15 is 0 Å². The Labute approximate surface area is 199 Å². The summed E-state index contributed by atoms with van der Waals surface area (Å²) in [5, 5.41) is 2.91. The number of carbonyl (C=O) groups is 1. The van der Waals surface area contributed by atoms with Crippen molar-refractivity contribution in [2.24, 2.45) is 0 Å². The van der Waals surface area contributed by atoms with Gasteiger partial charge in [0.05, 0.1) is 34.1 Å². The van der Waals surface area contributed by atoms with Crippen LogP contribution in [0.3, 0.4) is 0 Å². The molecule has 0 unspecified atom stereocenters. The van der Waals surface area contributed by atoms with E-state index in [4.69, 9.17) is 24.7 Å². The Hall–Kier alpha value is -4.39. The van der Waals surface area contributed by atoms with Gasteiger partial charge in [-0.2, -0.15) is 0 Å². The van der Waals surface area contributed by atoms with E-state index in [-0.39, 0.29) is 5.91 Å². The number of para-hydroxylation sites is 2. The zero-order valence-corrected chi connectivity index (χ0v) is 19.6. The van der Waals surface area contributed by atoms with Crippen LogP contribution in [0.2, 0.25) is 0 Å². The number of nitrogen functional groups attached to an aromatic ring is 1. The van der Waals surface area contributed by atoms with Gasteiger partial charge in [-0.1, -0.05) is 42.5 Å². The van der Waals surface area contributed by atoms with Crippen LogP contribution < -0.4 is 30.0 Å². The predicted octanol–water partition coefficient (Wildman–Crippen LogP) is 5.13. The van der Waals surface area contributed by atoms with E-state index < -0.39 is 0 Å². The maximum Gasteiger partial charge on any atom is 0.248 e. The van der Waals surface area contributed by atoms with Gasteiger partial charge in [-0.05, 0) is 41.5 Å². The Kier molecular flexibility index (Phi) is 8.18.